The molecule has 0 bridgehead atoms. The van der Waals surface area contributed by atoms with Crippen LogP contribution in [0.4, 0.5) is 5.13 Å². The van der Waals surface area contributed by atoms with Gasteiger partial charge in [-0.3, -0.25) is 14.5 Å². The number of aryl methyl sites for hydroxylation is 1. The van der Waals surface area contributed by atoms with Gasteiger partial charge in [0.1, 0.15) is 23.4 Å². The van der Waals surface area contributed by atoms with Crippen LogP contribution in [0.2, 0.25) is 0 Å². The van der Waals surface area contributed by atoms with E-state index < -0.39 is 17.7 Å². The van der Waals surface area contributed by atoms with Gasteiger partial charge in [-0.1, -0.05) is 29.5 Å². The predicted octanol–water partition coefficient (Wildman–Crippen LogP) is 5.26. The average Bonchev–Trinajstić information content (AvgIpc) is 3.51. The van der Waals surface area contributed by atoms with Gasteiger partial charge < -0.3 is 14.9 Å². The lowest BCUT2D eigenvalue weighted by Gasteiger charge is -2.23. The molecule has 6 rings (SSSR count). The van der Waals surface area contributed by atoms with Crippen molar-refractivity contribution in [1.82, 2.24) is 4.98 Å². The molecule has 7 nitrogen and oxygen atoms in total. The first-order valence-electron chi connectivity index (χ1n) is 11.6. The summed E-state index contributed by atoms with van der Waals surface area (Å²) in [6.45, 7) is 3.94. The van der Waals surface area contributed by atoms with Gasteiger partial charge in [-0.2, -0.15) is 0 Å². The summed E-state index contributed by atoms with van der Waals surface area (Å²) in [7, 11) is 0. The normalized spacial score (nSPS) is 20.7. The topological polar surface area (TPSA) is 100.0 Å². The SMILES string of the molecule is Cc1ccc2nc(N3C(=O)C(=O)/C(=C(/O)c4ccc5c(c4)C[C@@H](C)O5)[C@H]3c3ccc(O)cc3)sc2c1. The first kappa shape index (κ1) is 22.3. The number of aliphatic hydroxyl groups is 1. The number of ether oxygens (including phenoxy) is 1. The van der Waals surface area contributed by atoms with Crippen LogP contribution in [-0.4, -0.2) is 33.0 Å². The number of aliphatic hydroxyl groups excluding tert-OH is 1. The molecule has 2 aliphatic heterocycles. The number of fused-ring (bicyclic) bond motifs is 2. The van der Waals surface area contributed by atoms with Gasteiger partial charge in [0, 0.05) is 12.0 Å². The summed E-state index contributed by atoms with van der Waals surface area (Å²) in [6, 6.07) is 16.4. The van der Waals surface area contributed by atoms with Gasteiger partial charge in [-0.05, 0) is 73.0 Å². The molecule has 180 valence electrons. The fourth-order valence-electron chi connectivity index (χ4n) is 4.85. The molecule has 0 radical (unpaired) electrons. The van der Waals surface area contributed by atoms with Crippen LogP contribution in [0.3, 0.4) is 0 Å². The zero-order chi connectivity index (χ0) is 25.1. The van der Waals surface area contributed by atoms with Crippen LogP contribution in [0.5, 0.6) is 11.5 Å². The molecule has 0 unspecified atom stereocenters. The van der Waals surface area contributed by atoms with Crippen LogP contribution in [0.15, 0.2) is 66.2 Å². The first-order chi connectivity index (χ1) is 17.3. The fourth-order valence-corrected chi connectivity index (χ4v) is 5.94. The Kier molecular flexibility index (Phi) is 5.08. The highest BCUT2D eigenvalue weighted by molar-refractivity contribution is 7.22. The molecule has 2 aliphatic rings. The number of phenols is 1. The van der Waals surface area contributed by atoms with Gasteiger partial charge in [-0.15, -0.1) is 0 Å². The Balaban J connectivity index is 1.53. The number of rotatable bonds is 3. The van der Waals surface area contributed by atoms with Crippen molar-refractivity contribution >= 4 is 44.1 Å². The summed E-state index contributed by atoms with van der Waals surface area (Å²) in [5, 5.41) is 21.6. The zero-order valence-corrected chi connectivity index (χ0v) is 20.4. The van der Waals surface area contributed by atoms with Crippen molar-refractivity contribution in [2.45, 2.75) is 32.4 Å². The summed E-state index contributed by atoms with van der Waals surface area (Å²) >= 11 is 1.31. The summed E-state index contributed by atoms with van der Waals surface area (Å²) in [5.41, 5.74) is 3.70. The molecule has 4 aromatic rings. The lowest BCUT2D eigenvalue weighted by atomic mass is 9.94. The Morgan fingerprint density at radius 3 is 2.64 bits per heavy atom. The zero-order valence-electron chi connectivity index (χ0n) is 19.6. The van der Waals surface area contributed by atoms with Crippen LogP contribution in [-0.2, 0) is 16.0 Å². The van der Waals surface area contributed by atoms with E-state index in [1.165, 1.54) is 28.4 Å². The summed E-state index contributed by atoms with van der Waals surface area (Å²) in [5.74, 6) is -0.999. The quantitative estimate of drug-likeness (QED) is 0.227. The van der Waals surface area contributed by atoms with Crippen LogP contribution in [0.1, 0.15) is 35.2 Å². The Morgan fingerprint density at radius 1 is 1.08 bits per heavy atom. The molecule has 8 heteroatoms. The minimum Gasteiger partial charge on any atom is -0.508 e. The Hall–Kier alpha value is -4.17. The number of thiazole rings is 1. The third-order valence-electron chi connectivity index (χ3n) is 6.56. The lowest BCUT2D eigenvalue weighted by molar-refractivity contribution is -0.132. The number of amides is 1. The molecule has 2 N–H and O–H groups in total. The molecule has 3 heterocycles. The highest BCUT2D eigenvalue weighted by atomic mass is 32.1. The fraction of sp³-hybridized carbons (Fsp3) is 0.179. The minimum atomic E-state index is -0.907. The number of phenolic OH excluding ortho intramolecular Hbond substituents is 1. The number of carbonyl (C=O) groups excluding carboxylic acids is 2. The largest absolute Gasteiger partial charge is 0.508 e. The number of ketones is 1. The maximum absolute atomic E-state index is 13.4. The van der Waals surface area contributed by atoms with Crippen molar-refractivity contribution < 1.29 is 24.5 Å². The number of carbonyl (C=O) groups is 2. The molecule has 0 aliphatic carbocycles. The molecule has 1 amide bonds. The monoisotopic (exact) mass is 498 g/mol. The summed E-state index contributed by atoms with van der Waals surface area (Å²) in [6.07, 6.45) is 0.722. The van der Waals surface area contributed by atoms with E-state index in [9.17, 15) is 19.8 Å². The van der Waals surface area contributed by atoms with Crippen LogP contribution in [0.25, 0.3) is 16.0 Å². The van der Waals surface area contributed by atoms with Crippen LogP contribution < -0.4 is 9.64 Å². The minimum absolute atomic E-state index is 0.0203. The number of aromatic hydroxyl groups is 1. The van der Waals surface area contributed by atoms with E-state index in [2.05, 4.69) is 4.98 Å². The predicted molar refractivity (Wildman–Crippen MR) is 137 cm³/mol. The Morgan fingerprint density at radius 2 is 1.86 bits per heavy atom. The third kappa shape index (κ3) is 3.53. The molecule has 1 aromatic heterocycles. The van der Waals surface area contributed by atoms with E-state index in [4.69, 9.17) is 4.74 Å². The van der Waals surface area contributed by atoms with Crippen molar-refractivity contribution in [2.24, 2.45) is 0 Å². The van der Waals surface area contributed by atoms with E-state index in [1.54, 1.807) is 30.3 Å². The van der Waals surface area contributed by atoms with Gasteiger partial charge >= 0.3 is 5.91 Å². The van der Waals surface area contributed by atoms with Crippen molar-refractivity contribution in [3.05, 3.63) is 88.5 Å². The Bertz CT molecular complexity index is 1590. The van der Waals surface area contributed by atoms with Gasteiger partial charge in [0.25, 0.3) is 5.78 Å². The first-order valence-corrected chi connectivity index (χ1v) is 12.4. The number of benzene rings is 3. The number of anilines is 1. The molecule has 0 saturated carbocycles. The lowest BCUT2D eigenvalue weighted by Crippen LogP contribution is -2.29. The molecule has 0 spiro atoms. The van der Waals surface area contributed by atoms with Gasteiger partial charge in [0.15, 0.2) is 5.13 Å². The van der Waals surface area contributed by atoms with Gasteiger partial charge in [0.2, 0.25) is 0 Å². The molecular formula is C28H22N2O5S. The molecule has 1 saturated heterocycles. The molecular weight excluding hydrogens is 476 g/mol. The maximum Gasteiger partial charge on any atom is 0.301 e. The highest BCUT2D eigenvalue weighted by Crippen LogP contribution is 2.45. The van der Waals surface area contributed by atoms with E-state index >= 15 is 0 Å². The third-order valence-corrected chi connectivity index (χ3v) is 7.58. The number of aromatic nitrogens is 1. The summed E-state index contributed by atoms with van der Waals surface area (Å²) in [4.78, 5) is 32.8. The second-order valence-corrected chi connectivity index (χ2v) is 10.2. The molecule has 2 atom stereocenters. The van der Waals surface area contributed by atoms with E-state index in [-0.39, 0.29) is 23.2 Å². The maximum atomic E-state index is 13.4. The van der Waals surface area contributed by atoms with Crippen molar-refractivity contribution in [2.75, 3.05) is 4.90 Å². The van der Waals surface area contributed by atoms with Crippen molar-refractivity contribution in [3.8, 4) is 11.5 Å². The van der Waals surface area contributed by atoms with E-state index in [1.807, 2.05) is 32.0 Å². The van der Waals surface area contributed by atoms with Crippen LogP contribution in [0, 0.1) is 6.92 Å². The number of nitrogens with zero attached hydrogens (tertiary/aromatic N) is 2. The molecule has 1 fully saturated rings. The second kappa shape index (κ2) is 8.20. The number of Topliss-reactive ketones (excluding diaryl/α,β-unsaturated/α-hetero) is 1. The van der Waals surface area contributed by atoms with E-state index in [0.29, 0.717) is 22.7 Å². The molecule has 3 aromatic carbocycles. The summed E-state index contributed by atoms with van der Waals surface area (Å²) < 4.78 is 6.65. The number of hydrogen-bond donors (Lipinski definition) is 2. The second-order valence-electron chi connectivity index (χ2n) is 9.18. The highest BCUT2D eigenvalue weighted by Gasteiger charge is 2.48. The van der Waals surface area contributed by atoms with Crippen molar-refractivity contribution in [1.29, 1.82) is 0 Å². The average molecular weight is 499 g/mol. The van der Waals surface area contributed by atoms with E-state index in [0.717, 1.165) is 27.1 Å². The number of hydrogen-bond acceptors (Lipinski definition) is 7. The standard InChI is InChI=1S/C28H22N2O5S/c1-14-3-9-20-22(11-14)36-28(29-20)30-24(16-4-7-19(31)8-5-16)23(26(33)27(30)34)25(32)17-6-10-21-18(13-17)12-15(2)35-21/h3-11,13,15,24,31-32H,12H2,1-2H3/b25-23+/t15-,24-/m1/s1. The molecule has 36 heavy (non-hydrogen) atoms. The Labute approximate surface area is 210 Å². The van der Waals surface area contributed by atoms with Crippen molar-refractivity contribution in [3.63, 3.8) is 0 Å². The smallest absolute Gasteiger partial charge is 0.301 e. The van der Waals surface area contributed by atoms with Gasteiger partial charge in [0.05, 0.1) is 21.8 Å². The van der Waals surface area contributed by atoms with Gasteiger partial charge in [-0.25, -0.2) is 4.98 Å². The van der Waals surface area contributed by atoms with Crippen LogP contribution >= 0.6 is 11.3 Å².